The van der Waals surface area contributed by atoms with Crippen LogP contribution in [0.15, 0.2) is 12.2 Å². The Labute approximate surface area is 141 Å². The molecule has 0 aromatic rings. The zero-order valence-electron chi connectivity index (χ0n) is 15.8. The summed E-state index contributed by atoms with van der Waals surface area (Å²) in [7, 11) is -1.86. The average Bonchev–Trinajstić information content (AvgIpc) is 2.68. The second-order valence-corrected chi connectivity index (χ2v) is 12.6. The van der Waals surface area contributed by atoms with Crippen molar-refractivity contribution in [2.24, 2.45) is 0 Å². The summed E-state index contributed by atoms with van der Waals surface area (Å²) < 4.78 is 22.9. The van der Waals surface area contributed by atoms with Crippen molar-refractivity contribution >= 4 is 14.3 Å². The Kier molecular flexibility index (Phi) is 6.61. The van der Waals surface area contributed by atoms with Crippen molar-refractivity contribution in [1.29, 1.82) is 0 Å². The van der Waals surface area contributed by atoms with Gasteiger partial charge in [0.2, 0.25) is 0 Å². The molecule has 1 saturated heterocycles. The molecule has 0 saturated carbocycles. The third kappa shape index (κ3) is 6.03. The first-order chi connectivity index (χ1) is 10.4. The molecule has 23 heavy (non-hydrogen) atoms. The van der Waals surface area contributed by atoms with E-state index >= 15 is 0 Å². The van der Waals surface area contributed by atoms with Gasteiger partial charge in [-0.15, -0.1) is 0 Å². The molecule has 0 N–H and O–H groups in total. The van der Waals surface area contributed by atoms with Crippen LogP contribution >= 0.6 is 0 Å². The molecule has 0 aromatic carbocycles. The summed E-state index contributed by atoms with van der Waals surface area (Å²) in [5, 5.41) is 0.137. The summed E-state index contributed by atoms with van der Waals surface area (Å²) in [5.41, 5.74) is 0. The van der Waals surface area contributed by atoms with E-state index in [2.05, 4.69) is 33.9 Å². The fourth-order valence-corrected chi connectivity index (χ4v) is 3.04. The molecule has 1 heterocycles. The molecule has 0 radical (unpaired) electrons. The van der Waals surface area contributed by atoms with Crippen molar-refractivity contribution in [3.63, 3.8) is 0 Å². The van der Waals surface area contributed by atoms with E-state index in [0.29, 0.717) is 13.2 Å². The summed E-state index contributed by atoms with van der Waals surface area (Å²) in [4.78, 5) is 11.5. The molecule has 0 amide bonds. The molecule has 134 valence electrons. The largest absolute Gasteiger partial charge is 0.463 e. The van der Waals surface area contributed by atoms with E-state index in [1.165, 1.54) is 6.08 Å². The summed E-state index contributed by atoms with van der Waals surface area (Å²) in [6.07, 6.45) is 2.55. The molecule has 1 rings (SSSR count). The summed E-state index contributed by atoms with van der Waals surface area (Å²) in [5.74, 6) is -1.06. The maximum absolute atomic E-state index is 11.5. The highest BCUT2D eigenvalue weighted by Gasteiger charge is 2.43. The van der Waals surface area contributed by atoms with Crippen LogP contribution in [-0.4, -0.2) is 45.5 Å². The van der Waals surface area contributed by atoms with Crippen LogP contribution in [0, 0.1) is 0 Å². The second-order valence-electron chi connectivity index (χ2n) is 7.82. The Morgan fingerprint density at radius 2 is 1.87 bits per heavy atom. The number of ether oxygens (including phenoxy) is 3. The molecular weight excluding hydrogens is 312 g/mol. The summed E-state index contributed by atoms with van der Waals surface area (Å²) in [6, 6.07) is 0. The Morgan fingerprint density at radius 3 is 2.39 bits per heavy atom. The van der Waals surface area contributed by atoms with Crippen molar-refractivity contribution in [2.45, 2.75) is 77.7 Å². The zero-order chi connectivity index (χ0) is 17.9. The van der Waals surface area contributed by atoms with Gasteiger partial charge in [0.15, 0.2) is 14.1 Å². The van der Waals surface area contributed by atoms with Crippen LogP contribution in [-0.2, 0) is 23.4 Å². The second kappa shape index (κ2) is 7.47. The molecule has 0 spiro atoms. The lowest BCUT2D eigenvalue weighted by Gasteiger charge is -2.37. The molecule has 2 atom stereocenters. The third-order valence-electron chi connectivity index (χ3n) is 4.34. The van der Waals surface area contributed by atoms with E-state index in [0.717, 1.165) is 0 Å². The van der Waals surface area contributed by atoms with Gasteiger partial charge in [0.05, 0.1) is 13.2 Å². The zero-order valence-corrected chi connectivity index (χ0v) is 16.8. The van der Waals surface area contributed by atoms with Crippen LogP contribution in [0.2, 0.25) is 18.1 Å². The lowest BCUT2D eigenvalue weighted by molar-refractivity contribution is -0.146. The molecule has 0 aliphatic carbocycles. The van der Waals surface area contributed by atoms with Crippen LogP contribution in [0.4, 0.5) is 0 Å². The smallest absolute Gasteiger partial charge is 0.330 e. The van der Waals surface area contributed by atoms with Gasteiger partial charge in [-0.2, -0.15) is 0 Å². The van der Waals surface area contributed by atoms with E-state index in [9.17, 15) is 4.79 Å². The maximum Gasteiger partial charge on any atom is 0.330 e. The minimum Gasteiger partial charge on any atom is -0.463 e. The van der Waals surface area contributed by atoms with E-state index in [1.807, 2.05) is 13.8 Å². The fraction of sp³-hybridized carbons (Fsp3) is 0.824. The van der Waals surface area contributed by atoms with Crippen molar-refractivity contribution in [1.82, 2.24) is 0 Å². The normalized spacial score (nSPS) is 25.0. The molecule has 1 aliphatic rings. The number of esters is 1. The van der Waals surface area contributed by atoms with Gasteiger partial charge in [0.1, 0.15) is 12.2 Å². The van der Waals surface area contributed by atoms with E-state index in [-0.39, 0.29) is 23.2 Å². The lowest BCUT2D eigenvalue weighted by atomic mass is 10.2. The quantitative estimate of drug-likeness (QED) is 0.418. The van der Waals surface area contributed by atoms with Gasteiger partial charge in [-0.3, -0.25) is 0 Å². The lowest BCUT2D eigenvalue weighted by Crippen LogP contribution is -2.43. The third-order valence-corrected chi connectivity index (χ3v) is 8.85. The molecular formula is C17H32O5Si. The standard InChI is InChI=1S/C17H32O5Si/c1-9-19-15(18)11-10-13-14(22-17(5,6)21-13)12-20-23(7,8)16(2,3)4/h10-11,13-14H,9,12H2,1-8H3/b11-10+/t13-,14+/m1/s1. The van der Waals surface area contributed by atoms with Gasteiger partial charge < -0.3 is 18.6 Å². The predicted octanol–water partition coefficient (Wildman–Crippen LogP) is 3.65. The average molecular weight is 345 g/mol. The summed E-state index contributed by atoms with van der Waals surface area (Å²) in [6.45, 7) is 17.3. The Hall–Kier alpha value is -0.693. The first-order valence-electron chi connectivity index (χ1n) is 8.22. The molecule has 0 bridgehead atoms. The van der Waals surface area contributed by atoms with Crippen molar-refractivity contribution in [3.8, 4) is 0 Å². The van der Waals surface area contributed by atoms with Crippen molar-refractivity contribution < 1.29 is 23.4 Å². The Morgan fingerprint density at radius 1 is 1.26 bits per heavy atom. The number of carbonyl (C=O) groups excluding carboxylic acids is 1. The number of carbonyl (C=O) groups is 1. The van der Waals surface area contributed by atoms with Crippen molar-refractivity contribution in [3.05, 3.63) is 12.2 Å². The molecule has 5 nitrogen and oxygen atoms in total. The maximum atomic E-state index is 11.5. The highest BCUT2D eigenvalue weighted by atomic mass is 28.4. The van der Waals surface area contributed by atoms with Crippen LogP contribution in [0.3, 0.4) is 0 Å². The SMILES string of the molecule is CCOC(=O)/C=C/[C@H]1OC(C)(C)O[C@H]1CO[Si](C)(C)C(C)(C)C. The first-order valence-corrected chi connectivity index (χ1v) is 11.1. The molecule has 6 heteroatoms. The minimum absolute atomic E-state index is 0.137. The number of hydrogen-bond donors (Lipinski definition) is 0. The Balaban J connectivity index is 2.72. The van der Waals surface area contributed by atoms with Crippen LogP contribution < -0.4 is 0 Å². The fourth-order valence-electron chi connectivity index (χ4n) is 2.03. The molecule has 0 unspecified atom stereocenters. The van der Waals surface area contributed by atoms with E-state index in [1.54, 1.807) is 13.0 Å². The van der Waals surface area contributed by atoms with Crippen molar-refractivity contribution in [2.75, 3.05) is 13.2 Å². The van der Waals surface area contributed by atoms with Gasteiger partial charge in [0, 0.05) is 6.08 Å². The van der Waals surface area contributed by atoms with Crippen LogP contribution in [0.5, 0.6) is 0 Å². The number of rotatable bonds is 6. The highest BCUT2D eigenvalue weighted by Crippen LogP contribution is 2.37. The first kappa shape index (κ1) is 20.4. The van der Waals surface area contributed by atoms with Gasteiger partial charge >= 0.3 is 5.97 Å². The molecule has 0 aromatic heterocycles. The monoisotopic (exact) mass is 344 g/mol. The predicted molar refractivity (Wildman–Crippen MR) is 92.7 cm³/mol. The molecule has 1 fully saturated rings. The highest BCUT2D eigenvalue weighted by molar-refractivity contribution is 6.74. The van der Waals surface area contributed by atoms with E-state index in [4.69, 9.17) is 18.6 Å². The van der Waals surface area contributed by atoms with Crippen LogP contribution in [0.1, 0.15) is 41.5 Å². The van der Waals surface area contributed by atoms with Gasteiger partial charge in [-0.1, -0.05) is 20.8 Å². The van der Waals surface area contributed by atoms with Gasteiger partial charge in [-0.05, 0) is 45.0 Å². The van der Waals surface area contributed by atoms with Crippen LogP contribution in [0.25, 0.3) is 0 Å². The Bertz CT molecular complexity index is 437. The van der Waals surface area contributed by atoms with E-state index < -0.39 is 14.1 Å². The van der Waals surface area contributed by atoms with Gasteiger partial charge in [0.25, 0.3) is 0 Å². The molecule has 1 aliphatic heterocycles. The minimum atomic E-state index is -1.86. The topological polar surface area (TPSA) is 54.0 Å². The summed E-state index contributed by atoms with van der Waals surface area (Å²) >= 11 is 0. The number of hydrogen-bond acceptors (Lipinski definition) is 5. The van der Waals surface area contributed by atoms with Gasteiger partial charge in [-0.25, -0.2) is 4.79 Å².